The minimum Gasteiger partial charge on any atom is -0.393 e. The van der Waals surface area contributed by atoms with E-state index in [0.717, 1.165) is 67.2 Å². The smallest absolute Gasteiger partial charge is 0.181 e. The van der Waals surface area contributed by atoms with E-state index in [-0.39, 0.29) is 39.3 Å². The second-order valence-electron chi connectivity index (χ2n) is 20.5. The maximum Gasteiger partial charge on any atom is 0.181 e. The largest absolute Gasteiger partial charge is 0.393 e. The minimum atomic E-state index is -0.470. The van der Waals surface area contributed by atoms with Gasteiger partial charge in [0.25, 0.3) is 0 Å². The molecule has 4 aromatic rings. The first kappa shape index (κ1) is 55.6. The van der Waals surface area contributed by atoms with Crippen LogP contribution in [-0.2, 0) is 38.1 Å². The van der Waals surface area contributed by atoms with Crippen molar-refractivity contribution in [3.8, 4) is 0 Å². The lowest BCUT2D eigenvalue weighted by molar-refractivity contribution is -0.126. The molecular weight excluding hydrogens is 817 g/mol. The summed E-state index contributed by atoms with van der Waals surface area (Å²) in [5.74, 6) is -0.289. The lowest BCUT2D eigenvalue weighted by Crippen LogP contribution is -2.27. The fourth-order valence-electron chi connectivity index (χ4n) is 9.15. The van der Waals surface area contributed by atoms with Gasteiger partial charge in [-0.3, -0.25) is 14.4 Å². The van der Waals surface area contributed by atoms with Crippen LogP contribution < -0.4 is 0 Å². The fraction of sp³-hybridized carbons (Fsp3) is 0.483. The van der Waals surface area contributed by atoms with Crippen LogP contribution >= 0.6 is 0 Å². The summed E-state index contributed by atoms with van der Waals surface area (Å²) >= 11 is 0. The summed E-state index contributed by atoms with van der Waals surface area (Å²) in [6.07, 6.45) is 13.0. The normalized spacial score (nSPS) is 12.9. The first-order chi connectivity index (χ1) is 31.0. The van der Waals surface area contributed by atoms with Crippen LogP contribution in [0.15, 0.2) is 84.9 Å². The van der Waals surface area contributed by atoms with Crippen molar-refractivity contribution in [2.45, 2.75) is 165 Å². The van der Waals surface area contributed by atoms with E-state index in [0.29, 0.717) is 12.2 Å². The standard InChI is InChI=1S/C30H42O3.C30H40O3/c2*1-8-30(9-2,25-14-10-23(21(3)18-25)12-16-27(32)20-31)26-15-11-24(22(4)19-26)13-17-28(33)29(5,6)7/h10-12,14-16,18-19,28,31,33H,8-9,13,17,20H2,1-7H3;10-12,14-16,18-19,31H,8-9,13,17,20H2,1-7H3/b2*16-12+. The number of benzene rings is 4. The van der Waals surface area contributed by atoms with Gasteiger partial charge >= 0.3 is 0 Å². The third kappa shape index (κ3) is 14.1. The Morgan fingerprint density at radius 3 is 1.18 bits per heavy atom. The van der Waals surface area contributed by atoms with Crippen LogP contribution in [0.4, 0.5) is 0 Å². The highest BCUT2D eigenvalue weighted by Crippen LogP contribution is 2.42. The molecule has 0 amide bonds. The van der Waals surface area contributed by atoms with Gasteiger partial charge in [-0.25, -0.2) is 0 Å². The molecule has 4 aromatic carbocycles. The first-order valence-electron chi connectivity index (χ1n) is 24.2. The monoisotopic (exact) mass is 899 g/mol. The molecule has 0 aliphatic carbocycles. The average molecular weight is 899 g/mol. The fourth-order valence-corrected chi connectivity index (χ4v) is 9.15. The van der Waals surface area contributed by atoms with Gasteiger partial charge in [0.05, 0.1) is 6.10 Å². The van der Waals surface area contributed by atoms with Crippen LogP contribution in [0.3, 0.4) is 0 Å². The summed E-state index contributed by atoms with van der Waals surface area (Å²) in [7, 11) is 0. The molecule has 1 unspecified atom stereocenters. The molecule has 358 valence electrons. The summed E-state index contributed by atoms with van der Waals surface area (Å²) in [5.41, 5.74) is 13.8. The lowest BCUT2D eigenvalue weighted by atomic mass is 9.69. The first-order valence-corrected chi connectivity index (χ1v) is 24.2. The van der Waals surface area contributed by atoms with Gasteiger partial charge in [0.1, 0.15) is 19.0 Å². The van der Waals surface area contributed by atoms with Crippen LogP contribution in [0.25, 0.3) is 12.2 Å². The highest BCUT2D eigenvalue weighted by Gasteiger charge is 2.33. The van der Waals surface area contributed by atoms with E-state index < -0.39 is 13.2 Å². The van der Waals surface area contributed by atoms with Gasteiger partial charge < -0.3 is 15.3 Å². The molecule has 0 saturated heterocycles. The van der Waals surface area contributed by atoms with E-state index in [1.165, 1.54) is 56.7 Å². The summed E-state index contributed by atoms with van der Waals surface area (Å²) in [4.78, 5) is 35.3. The zero-order chi connectivity index (χ0) is 49.6. The summed E-state index contributed by atoms with van der Waals surface area (Å²) in [5, 5.41) is 28.3. The summed E-state index contributed by atoms with van der Waals surface area (Å²) in [6, 6.07) is 26.5. The third-order valence-electron chi connectivity index (χ3n) is 14.2. The van der Waals surface area contributed by atoms with Crippen LogP contribution in [0.2, 0.25) is 0 Å². The molecule has 66 heavy (non-hydrogen) atoms. The Labute approximate surface area is 398 Å². The average Bonchev–Trinajstić information content (AvgIpc) is 3.28. The Hall–Kier alpha value is -4.75. The number of carbonyl (C=O) groups excluding carboxylic acids is 3. The molecule has 6 nitrogen and oxygen atoms in total. The number of hydrogen-bond donors (Lipinski definition) is 3. The highest BCUT2D eigenvalue weighted by molar-refractivity contribution is 5.95. The van der Waals surface area contributed by atoms with Gasteiger partial charge in [-0.15, -0.1) is 0 Å². The number of hydrogen-bond acceptors (Lipinski definition) is 6. The number of rotatable bonds is 20. The quantitative estimate of drug-likeness (QED) is 0.0762. The lowest BCUT2D eigenvalue weighted by Gasteiger charge is -2.34. The Kier molecular flexibility index (Phi) is 20.5. The minimum absolute atomic E-state index is 0.0812. The number of Topliss-reactive ketones (excluding diaryl/α,β-unsaturated/α-hetero) is 1. The molecule has 1 atom stereocenters. The molecule has 0 bridgehead atoms. The molecule has 3 N–H and O–H groups in total. The van der Waals surface area contributed by atoms with Gasteiger partial charge in [-0.05, 0) is 157 Å². The predicted molar refractivity (Wildman–Crippen MR) is 276 cm³/mol. The van der Waals surface area contributed by atoms with E-state index in [1.54, 1.807) is 12.2 Å². The van der Waals surface area contributed by atoms with Crippen molar-refractivity contribution in [2.75, 3.05) is 13.2 Å². The van der Waals surface area contributed by atoms with E-state index in [1.807, 2.05) is 20.8 Å². The Bertz CT molecular complexity index is 2320. The number of aryl methyl sites for hydroxylation is 6. The molecule has 0 aromatic heterocycles. The molecule has 0 radical (unpaired) electrons. The van der Waals surface area contributed by atoms with E-state index in [2.05, 4.69) is 149 Å². The molecule has 4 rings (SSSR count). The maximum absolute atomic E-state index is 12.4. The molecule has 0 heterocycles. The summed E-state index contributed by atoms with van der Waals surface area (Å²) in [6.45, 7) is 28.7. The SMILES string of the molecule is CCC(CC)(c1ccc(/C=C/C(=O)CO)c(C)c1)c1ccc(CCC(=O)C(C)(C)C)c(C)c1.CCC(CC)(c1ccc(/C=C/C(=O)CO)c(C)c1)c1ccc(CCC(O)C(C)(C)C)c(C)c1. The van der Waals surface area contributed by atoms with Crippen molar-refractivity contribution in [1.29, 1.82) is 0 Å². The maximum atomic E-state index is 12.4. The second-order valence-corrected chi connectivity index (χ2v) is 20.5. The van der Waals surface area contributed by atoms with Crippen LogP contribution in [0.1, 0.15) is 175 Å². The van der Waals surface area contributed by atoms with Crippen LogP contribution in [-0.4, -0.2) is 52.0 Å². The zero-order valence-electron chi connectivity index (χ0n) is 43.0. The van der Waals surface area contributed by atoms with Gasteiger partial charge in [-0.2, -0.15) is 0 Å². The van der Waals surface area contributed by atoms with Gasteiger partial charge in [0.2, 0.25) is 0 Å². The summed E-state index contributed by atoms with van der Waals surface area (Å²) < 4.78 is 0. The van der Waals surface area contributed by atoms with E-state index in [4.69, 9.17) is 10.2 Å². The molecule has 0 aliphatic rings. The number of aliphatic hydroxyl groups excluding tert-OH is 3. The van der Waals surface area contributed by atoms with Crippen LogP contribution in [0.5, 0.6) is 0 Å². The zero-order valence-corrected chi connectivity index (χ0v) is 43.0. The third-order valence-corrected chi connectivity index (χ3v) is 14.2. The van der Waals surface area contributed by atoms with Crippen molar-refractivity contribution in [3.05, 3.63) is 152 Å². The number of aliphatic hydroxyl groups is 3. The molecule has 0 saturated carbocycles. The molecule has 0 fully saturated rings. The van der Waals surface area contributed by atoms with Crippen molar-refractivity contribution in [2.24, 2.45) is 10.8 Å². The van der Waals surface area contributed by atoms with Crippen molar-refractivity contribution < 1.29 is 29.7 Å². The molecule has 0 aliphatic heterocycles. The predicted octanol–water partition coefficient (Wildman–Crippen LogP) is 12.9. The second kappa shape index (κ2) is 24.3. The van der Waals surface area contributed by atoms with Gasteiger partial charge in [-0.1, -0.05) is 154 Å². The van der Waals surface area contributed by atoms with Crippen LogP contribution in [0, 0.1) is 38.5 Å². The Morgan fingerprint density at radius 2 is 0.879 bits per heavy atom. The van der Waals surface area contributed by atoms with E-state index >= 15 is 0 Å². The number of carbonyl (C=O) groups is 3. The Morgan fingerprint density at radius 1 is 0.530 bits per heavy atom. The number of ketones is 3. The topological polar surface area (TPSA) is 112 Å². The van der Waals surface area contributed by atoms with E-state index in [9.17, 15) is 19.5 Å². The van der Waals surface area contributed by atoms with Gasteiger partial charge in [0.15, 0.2) is 11.6 Å². The molecule has 0 spiro atoms. The Balaban J connectivity index is 0.000000350. The highest BCUT2D eigenvalue weighted by atomic mass is 16.3. The molecule has 6 heteroatoms. The van der Waals surface area contributed by atoms with Crippen molar-refractivity contribution in [1.82, 2.24) is 0 Å². The molecular formula is C60H82O6. The van der Waals surface area contributed by atoms with Crippen molar-refractivity contribution >= 4 is 29.5 Å². The van der Waals surface area contributed by atoms with Gasteiger partial charge in [0, 0.05) is 22.7 Å². The van der Waals surface area contributed by atoms with Crippen molar-refractivity contribution in [3.63, 3.8) is 0 Å².